The van der Waals surface area contributed by atoms with E-state index in [1.54, 1.807) is 24.3 Å². The van der Waals surface area contributed by atoms with Gasteiger partial charge in [0, 0.05) is 19.9 Å². The van der Waals surface area contributed by atoms with Gasteiger partial charge in [-0.15, -0.1) is 11.8 Å². The summed E-state index contributed by atoms with van der Waals surface area (Å²) < 4.78 is 84.2. The second kappa shape index (κ2) is 11.1. The standard InChI is InChI=1S/C22H9BrF6INO3S/c23-11-4-1-9(2-5-11)8-35-22(20(30)10-3-6-12(24)13(7-10)31(33)34)21(32)14-15(25)17(27)19(29)18(28)16(14)26/h1-7H,8H2. The lowest BCUT2D eigenvalue weighted by Crippen LogP contribution is -2.14. The van der Waals surface area contributed by atoms with Crippen LogP contribution in [0.15, 0.2) is 51.8 Å². The fourth-order valence-corrected chi connectivity index (χ4v) is 5.10. The van der Waals surface area contributed by atoms with Gasteiger partial charge in [0.1, 0.15) is 5.56 Å². The van der Waals surface area contributed by atoms with Crippen molar-refractivity contribution in [3.8, 4) is 0 Å². The molecule has 0 heterocycles. The quantitative estimate of drug-likeness (QED) is 0.0368. The van der Waals surface area contributed by atoms with E-state index in [9.17, 15) is 41.3 Å². The Bertz CT molecular complexity index is 1360. The third-order valence-corrected chi connectivity index (χ3v) is 7.75. The van der Waals surface area contributed by atoms with Gasteiger partial charge in [0.05, 0.1) is 9.83 Å². The van der Waals surface area contributed by atoms with Gasteiger partial charge < -0.3 is 0 Å². The number of nitro benzene ring substituents is 1. The van der Waals surface area contributed by atoms with Crippen molar-refractivity contribution in [2.45, 2.75) is 5.75 Å². The zero-order chi connectivity index (χ0) is 26.0. The number of Topliss-reactive ketones (excluding diaryl/α,β-unsaturated/α-hetero) is 1. The lowest BCUT2D eigenvalue weighted by atomic mass is 10.1. The molecule has 0 radical (unpaired) electrons. The van der Waals surface area contributed by atoms with Crippen LogP contribution in [0.25, 0.3) is 3.58 Å². The number of ketones is 1. The molecule has 0 fully saturated rings. The Balaban J connectivity index is 2.19. The van der Waals surface area contributed by atoms with Gasteiger partial charge in [0.25, 0.3) is 0 Å². The number of halogens is 8. The van der Waals surface area contributed by atoms with Crippen LogP contribution < -0.4 is 0 Å². The summed E-state index contributed by atoms with van der Waals surface area (Å²) >= 11 is 5.50. The van der Waals surface area contributed by atoms with Crippen molar-refractivity contribution in [3.05, 3.63) is 114 Å². The molecule has 0 amide bonds. The molecule has 0 aliphatic rings. The molecule has 35 heavy (non-hydrogen) atoms. The van der Waals surface area contributed by atoms with Crippen LogP contribution in [0, 0.1) is 45.0 Å². The van der Waals surface area contributed by atoms with Gasteiger partial charge in [-0.3, -0.25) is 14.9 Å². The maximum absolute atomic E-state index is 14.4. The van der Waals surface area contributed by atoms with Crippen LogP contribution in [-0.2, 0) is 5.75 Å². The molecule has 3 rings (SSSR count). The number of hydrogen-bond donors (Lipinski definition) is 0. The molecule has 0 atom stereocenters. The summed E-state index contributed by atoms with van der Waals surface area (Å²) in [6.45, 7) is 0. The Kier molecular flexibility index (Phi) is 8.64. The van der Waals surface area contributed by atoms with Crippen molar-refractivity contribution in [2.75, 3.05) is 0 Å². The second-order valence-electron chi connectivity index (χ2n) is 6.76. The fourth-order valence-electron chi connectivity index (χ4n) is 2.80. The number of nitrogens with zero attached hydrogens (tertiary/aromatic N) is 1. The molecule has 0 saturated heterocycles. The summed E-state index contributed by atoms with van der Waals surface area (Å²) in [6, 6.07) is 9.31. The first-order valence-corrected chi connectivity index (χ1v) is 12.1. The molecule has 3 aromatic carbocycles. The SMILES string of the molecule is O=C(C(SCc1ccc(Br)cc1)=C(I)c1ccc(F)c([N+](=O)[O-])c1)c1c(F)c(F)c(F)c(F)c1F. The molecule has 3 aromatic rings. The minimum absolute atomic E-state index is 0.0273. The molecule has 0 spiro atoms. The summed E-state index contributed by atoms with van der Waals surface area (Å²) in [6.07, 6.45) is 0. The summed E-state index contributed by atoms with van der Waals surface area (Å²) in [5.41, 5.74) is -2.05. The predicted molar refractivity (Wildman–Crippen MR) is 130 cm³/mol. The highest BCUT2D eigenvalue weighted by Gasteiger charge is 2.32. The average Bonchev–Trinajstić information content (AvgIpc) is 2.82. The minimum atomic E-state index is -2.42. The van der Waals surface area contributed by atoms with E-state index in [0.29, 0.717) is 17.3 Å². The maximum Gasteiger partial charge on any atom is 0.305 e. The molecule has 182 valence electrons. The molecule has 13 heteroatoms. The van der Waals surface area contributed by atoms with Gasteiger partial charge in [-0.25, -0.2) is 22.0 Å². The number of allylic oxidation sites excluding steroid dienone is 1. The first kappa shape index (κ1) is 27.2. The highest BCUT2D eigenvalue weighted by atomic mass is 127. The molecule has 0 aliphatic carbocycles. The van der Waals surface area contributed by atoms with Gasteiger partial charge in [-0.05, 0) is 51.9 Å². The molecular weight excluding hydrogens is 679 g/mol. The molecule has 0 bridgehead atoms. The number of thioether (sulfide) groups is 1. The van der Waals surface area contributed by atoms with Crippen LogP contribution in [0.1, 0.15) is 21.5 Å². The lowest BCUT2D eigenvalue weighted by Gasteiger charge is -2.13. The fraction of sp³-hybridized carbons (Fsp3) is 0.0455. The highest BCUT2D eigenvalue weighted by Crippen LogP contribution is 2.39. The van der Waals surface area contributed by atoms with Crippen molar-refractivity contribution >= 4 is 65.3 Å². The topological polar surface area (TPSA) is 60.2 Å². The molecule has 0 unspecified atom stereocenters. The van der Waals surface area contributed by atoms with Crippen molar-refractivity contribution in [2.24, 2.45) is 0 Å². The Hall–Kier alpha value is -2.39. The van der Waals surface area contributed by atoms with Gasteiger partial charge in [-0.1, -0.05) is 34.1 Å². The van der Waals surface area contributed by atoms with Crippen LogP contribution in [0.5, 0.6) is 0 Å². The molecule has 0 aliphatic heterocycles. The van der Waals surface area contributed by atoms with E-state index < -0.39 is 61.8 Å². The number of carbonyl (C=O) groups excluding carboxylic acids is 1. The predicted octanol–water partition coefficient (Wildman–Crippen LogP) is 8.11. The number of hydrogen-bond acceptors (Lipinski definition) is 4. The summed E-state index contributed by atoms with van der Waals surface area (Å²) in [5.74, 6) is -14.3. The number of benzene rings is 3. The molecule has 0 aromatic heterocycles. The van der Waals surface area contributed by atoms with Crippen LogP contribution in [0.2, 0.25) is 0 Å². The Morgan fingerprint density at radius 1 is 0.914 bits per heavy atom. The summed E-state index contributed by atoms with van der Waals surface area (Å²) in [4.78, 5) is 22.8. The van der Waals surface area contributed by atoms with Gasteiger partial charge in [0.15, 0.2) is 23.3 Å². The maximum atomic E-state index is 14.4. The van der Waals surface area contributed by atoms with Crippen molar-refractivity contribution in [3.63, 3.8) is 0 Å². The second-order valence-corrected chi connectivity index (χ2v) is 9.74. The minimum Gasteiger partial charge on any atom is -0.288 e. The molecule has 0 saturated carbocycles. The van der Waals surface area contributed by atoms with E-state index in [1.807, 2.05) is 0 Å². The third-order valence-electron chi connectivity index (χ3n) is 4.54. The van der Waals surface area contributed by atoms with Gasteiger partial charge in [0.2, 0.25) is 17.4 Å². The molecular formula is C22H9BrF6INO3S. The van der Waals surface area contributed by atoms with Crippen LogP contribution in [-0.4, -0.2) is 10.7 Å². The zero-order valence-corrected chi connectivity index (χ0v) is 21.4. The van der Waals surface area contributed by atoms with E-state index in [-0.39, 0.29) is 14.9 Å². The number of rotatable bonds is 7. The zero-order valence-electron chi connectivity index (χ0n) is 16.9. The number of carbonyl (C=O) groups is 1. The first-order valence-electron chi connectivity index (χ1n) is 9.21. The van der Waals surface area contributed by atoms with Crippen LogP contribution in [0.3, 0.4) is 0 Å². The Labute approximate surface area is 219 Å². The van der Waals surface area contributed by atoms with Crippen LogP contribution in [0.4, 0.5) is 32.0 Å². The van der Waals surface area contributed by atoms with E-state index in [4.69, 9.17) is 0 Å². The van der Waals surface area contributed by atoms with Crippen LogP contribution >= 0.6 is 50.3 Å². The summed E-state index contributed by atoms with van der Waals surface area (Å²) in [7, 11) is 0. The van der Waals surface area contributed by atoms with E-state index >= 15 is 0 Å². The monoisotopic (exact) mass is 687 g/mol. The van der Waals surface area contributed by atoms with Crippen molar-refractivity contribution in [1.82, 2.24) is 0 Å². The average molecular weight is 688 g/mol. The van der Waals surface area contributed by atoms with Crippen molar-refractivity contribution < 1.29 is 36.1 Å². The highest BCUT2D eigenvalue weighted by molar-refractivity contribution is 14.1. The van der Waals surface area contributed by atoms with E-state index in [2.05, 4.69) is 15.9 Å². The van der Waals surface area contributed by atoms with Gasteiger partial charge in [-0.2, -0.15) is 4.39 Å². The Morgan fingerprint density at radius 3 is 2.00 bits per heavy atom. The Morgan fingerprint density at radius 2 is 1.46 bits per heavy atom. The van der Waals surface area contributed by atoms with E-state index in [0.717, 1.165) is 22.7 Å². The largest absolute Gasteiger partial charge is 0.305 e. The van der Waals surface area contributed by atoms with Crippen molar-refractivity contribution in [1.29, 1.82) is 0 Å². The number of nitro groups is 1. The smallest absolute Gasteiger partial charge is 0.288 e. The normalized spacial score (nSPS) is 11.9. The molecule has 0 N–H and O–H groups in total. The first-order chi connectivity index (χ1) is 16.4. The van der Waals surface area contributed by atoms with E-state index in [1.165, 1.54) is 22.6 Å². The third kappa shape index (κ3) is 5.72. The lowest BCUT2D eigenvalue weighted by molar-refractivity contribution is -0.387. The van der Waals surface area contributed by atoms with Gasteiger partial charge >= 0.3 is 5.69 Å². The summed E-state index contributed by atoms with van der Waals surface area (Å²) in [5, 5.41) is 11.1. The molecule has 4 nitrogen and oxygen atoms in total.